The first-order valence-electron chi connectivity index (χ1n) is 7.64. The van der Waals surface area contributed by atoms with Gasteiger partial charge in [0, 0.05) is 6.42 Å². The molecular weight excluding hydrogens is 348 g/mol. The molecule has 1 aliphatic heterocycles. The van der Waals surface area contributed by atoms with Crippen molar-refractivity contribution in [3.63, 3.8) is 0 Å². The van der Waals surface area contributed by atoms with Crippen molar-refractivity contribution < 1.29 is 13.2 Å². The number of fused-ring (bicyclic) bond motifs is 1. The predicted octanol–water partition coefficient (Wildman–Crippen LogP) is 3.29. The maximum absolute atomic E-state index is 13.1. The zero-order valence-corrected chi connectivity index (χ0v) is 15.0. The second-order valence-corrected chi connectivity index (χ2v) is 7.33. The molecule has 3 rings (SSSR count). The fourth-order valence-electron chi connectivity index (χ4n) is 2.68. The van der Waals surface area contributed by atoms with Gasteiger partial charge in [0.2, 0.25) is 5.44 Å². The fourth-order valence-corrected chi connectivity index (χ4v) is 4.45. The third-order valence-electron chi connectivity index (χ3n) is 3.79. The molecule has 0 radical (unpaired) electrons. The first kappa shape index (κ1) is 18.6. The van der Waals surface area contributed by atoms with Gasteiger partial charge in [0.15, 0.2) is 0 Å². The van der Waals surface area contributed by atoms with Gasteiger partial charge < -0.3 is 10.1 Å². The van der Waals surface area contributed by atoms with E-state index >= 15 is 0 Å². The van der Waals surface area contributed by atoms with Gasteiger partial charge in [0.05, 0.1) is 11.4 Å². The van der Waals surface area contributed by atoms with Crippen molar-refractivity contribution >= 4 is 33.8 Å². The van der Waals surface area contributed by atoms with Crippen LogP contribution in [0.2, 0.25) is 0 Å². The minimum Gasteiger partial charge on any atom is -0.470 e. The summed E-state index contributed by atoms with van der Waals surface area (Å²) < 4.78 is 33.3. The van der Waals surface area contributed by atoms with Crippen LogP contribution in [0.1, 0.15) is 12.8 Å². The second-order valence-electron chi connectivity index (χ2n) is 5.41. The molecule has 130 valence electrons. The van der Waals surface area contributed by atoms with Crippen LogP contribution in [0.15, 0.2) is 54.6 Å². The van der Waals surface area contributed by atoms with Gasteiger partial charge in [-0.3, -0.25) is 0 Å². The van der Waals surface area contributed by atoms with Crippen molar-refractivity contribution in [2.75, 3.05) is 17.9 Å². The van der Waals surface area contributed by atoms with Crippen LogP contribution in [0.3, 0.4) is 0 Å². The minimum absolute atomic E-state index is 0. The normalized spacial score (nSPS) is 18.2. The Kier molecular flexibility index (Phi) is 6.10. The highest BCUT2D eigenvalue weighted by Crippen LogP contribution is 2.42. The number of anilines is 2. The van der Waals surface area contributed by atoms with Crippen LogP contribution in [-0.4, -0.2) is 27.4 Å². The van der Waals surface area contributed by atoms with E-state index in [1.165, 1.54) is 4.31 Å². The quantitative estimate of drug-likeness (QED) is 0.823. The van der Waals surface area contributed by atoms with E-state index in [0.717, 1.165) is 13.0 Å². The summed E-state index contributed by atoms with van der Waals surface area (Å²) in [5.41, 5.74) is 0.316. The third-order valence-corrected chi connectivity index (χ3v) is 5.70. The van der Waals surface area contributed by atoms with E-state index in [1.807, 2.05) is 43.4 Å². The van der Waals surface area contributed by atoms with E-state index in [1.54, 1.807) is 18.2 Å². The standard InChI is InChI=1S/C17H20N2O3S.ClH/c1-18-13-7-12-17-22-16-11-6-5-10-15(16)19(23(17,20)21)14-8-3-2-4-9-14;/h2-6,8-11,17-18H,7,12-13H2,1H3;1H/t17-;/m1./s1. The van der Waals surface area contributed by atoms with E-state index in [-0.39, 0.29) is 12.4 Å². The van der Waals surface area contributed by atoms with Crippen molar-refractivity contribution in [2.24, 2.45) is 0 Å². The average molecular weight is 369 g/mol. The lowest BCUT2D eigenvalue weighted by molar-refractivity contribution is 0.254. The molecule has 2 aromatic carbocycles. The molecule has 1 atom stereocenters. The number of rotatable bonds is 5. The molecule has 0 bridgehead atoms. The molecule has 0 fully saturated rings. The number of nitrogens with one attached hydrogen (secondary N) is 1. The monoisotopic (exact) mass is 368 g/mol. The van der Waals surface area contributed by atoms with Gasteiger partial charge in [-0.2, -0.15) is 0 Å². The van der Waals surface area contributed by atoms with Crippen molar-refractivity contribution in [1.29, 1.82) is 0 Å². The van der Waals surface area contributed by atoms with Crippen molar-refractivity contribution in [3.8, 4) is 5.75 Å². The molecule has 2 aromatic rings. The number of benzene rings is 2. The van der Waals surface area contributed by atoms with Gasteiger partial charge in [-0.1, -0.05) is 30.3 Å². The Hall–Kier alpha value is -1.76. The van der Waals surface area contributed by atoms with Gasteiger partial charge in [-0.15, -0.1) is 12.4 Å². The smallest absolute Gasteiger partial charge is 0.277 e. The molecule has 5 nitrogen and oxygen atoms in total. The average Bonchev–Trinajstić information content (AvgIpc) is 2.56. The number of nitrogens with zero attached hydrogens (tertiary/aromatic N) is 1. The maximum atomic E-state index is 13.1. The Balaban J connectivity index is 0.00000208. The second kappa shape index (κ2) is 7.88. The Morgan fingerprint density at radius 1 is 1.08 bits per heavy atom. The lowest BCUT2D eigenvalue weighted by atomic mass is 10.2. The van der Waals surface area contributed by atoms with E-state index < -0.39 is 15.5 Å². The van der Waals surface area contributed by atoms with Crippen molar-refractivity contribution in [1.82, 2.24) is 5.32 Å². The molecule has 0 unspecified atom stereocenters. The van der Waals surface area contributed by atoms with E-state index in [2.05, 4.69) is 5.32 Å². The number of para-hydroxylation sites is 3. The zero-order valence-electron chi connectivity index (χ0n) is 13.4. The molecule has 0 saturated carbocycles. The van der Waals surface area contributed by atoms with Crippen LogP contribution < -0.4 is 14.4 Å². The van der Waals surface area contributed by atoms with E-state index in [0.29, 0.717) is 23.5 Å². The first-order valence-corrected chi connectivity index (χ1v) is 9.14. The molecule has 0 spiro atoms. The zero-order chi connectivity index (χ0) is 16.3. The largest absolute Gasteiger partial charge is 0.470 e. The summed E-state index contributed by atoms with van der Waals surface area (Å²) in [6.07, 6.45) is 1.17. The Bertz CT molecular complexity index is 768. The molecule has 7 heteroatoms. The Morgan fingerprint density at radius 3 is 2.46 bits per heavy atom. The summed E-state index contributed by atoms with van der Waals surface area (Å²) in [7, 11) is -1.78. The third kappa shape index (κ3) is 3.50. The molecule has 0 amide bonds. The van der Waals surface area contributed by atoms with Gasteiger partial charge in [-0.05, 0) is 44.3 Å². The van der Waals surface area contributed by atoms with Gasteiger partial charge in [0.1, 0.15) is 5.75 Å². The van der Waals surface area contributed by atoms with Crippen LogP contribution in [0.5, 0.6) is 5.75 Å². The summed E-state index contributed by atoms with van der Waals surface area (Å²) in [4.78, 5) is 0. The van der Waals surface area contributed by atoms with Gasteiger partial charge in [-0.25, -0.2) is 12.7 Å². The minimum atomic E-state index is -3.63. The Morgan fingerprint density at radius 2 is 1.75 bits per heavy atom. The highest BCUT2D eigenvalue weighted by Gasteiger charge is 2.40. The molecule has 0 saturated heterocycles. The maximum Gasteiger partial charge on any atom is 0.277 e. The topological polar surface area (TPSA) is 58.6 Å². The Labute approximate surface area is 149 Å². The molecule has 1 heterocycles. The molecule has 24 heavy (non-hydrogen) atoms. The summed E-state index contributed by atoms with van der Waals surface area (Å²) in [5, 5.41) is 3.03. The highest BCUT2D eigenvalue weighted by molar-refractivity contribution is 7.93. The molecule has 0 aromatic heterocycles. The van der Waals surface area contributed by atoms with Crippen LogP contribution >= 0.6 is 12.4 Å². The van der Waals surface area contributed by atoms with E-state index in [9.17, 15) is 8.42 Å². The molecule has 1 aliphatic rings. The highest BCUT2D eigenvalue weighted by atomic mass is 35.5. The lowest BCUT2D eigenvalue weighted by Crippen LogP contribution is -2.43. The number of hydrogen-bond donors (Lipinski definition) is 1. The summed E-state index contributed by atoms with van der Waals surface area (Å²) in [6.45, 7) is 0.752. The number of sulfonamides is 1. The fraction of sp³-hybridized carbons (Fsp3) is 0.294. The molecule has 1 N–H and O–H groups in total. The van der Waals surface area contributed by atoms with Gasteiger partial charge in [0.25, 0.3) is 10.0 Å². The van der Waals surface area contributed by atoms with Crippen molar-refractivity contribution in [3.05, 3.63) is 54.6 Å². The first-order chi connectivity index (χ1) is 11.1. The van der Waals surface area contributed by atoms with Gasteiger partial charge >= 0.3 is 0 Å². The summed E-state index contributed by atoms with van der Waals surface area (Å²) in [6, 6.07) is 16.4. The summed E-state index contributed by atoms with van der Waals surface area (Å²) in [5.74, 6) is 0.598. The number of hydrogen-bond acceptors (Lipinski definition) is 4. The predicted molar refractivity (Wildman–Crippen MR) is 98.8 cm³/mol. The lowest BCUT2D eigenvalue weighted by Gasteiger charge is -2.35. The van der Waals surface area contributed by atoms with Crippen molar-refractivity contribution in [2.45, 2.75) is 18.3 Å². The SMILES string of the molecule is CNCCC[C@@H]1Oc2ccccc2N(c2ccccc2)S1(=O)=O.Cl. The van der Waals surface area contributed by atoms with Crippen LogP contribution in [0, 0.1) is 0 Å². The van der Waals surface area contributed by atoms with Crippen LogP contribution in [0.25, 0.3) is 0 Å². The van der Waals surface area contributed by atoms with E-state index in [4.69, 9.17) is 4.74 Å². The number of ether oxygens (including phenoxy) is 1. The van der Waals surface area contributed by atoms with Crippen LogP contribution in [0.4, 0.5) is 11.4 Å². The molecular formula is C17H21ClN2O3S. The van der Waals surface area contributed by atoms with Crippen LogP contribution in [-0.2, 0) is 10.0 Å². The molecule has 0 aliphatic carbocycles. The summed E-state index contributed by atoms with van der Waals surface area (Å²) >= 11 is 0. The number of halogens is 1.